The zero-order chi connectivity index (χ0) is 12.9. The van der Waals surface area contributed by atoms with Gasteiger partial charge in [-0.2, -0.15) is 4.98 Å². The Labute approximate surface area is 109 Å². The molecular formula is C13H11N5O. The molecular weight excluding hydrogens is 242 g/mol. The van der Waals surface area contributed by atoms with Crippen LogP contribution < -0.4 is 5.32 Å². The molecule has 1 aromatic carbocycles. The fourth-order valence-corrected chi connectivity index (χ4v) is 1.65. The molecule has 0 aliphatic rings. The summed E-state index contributed by atoms with van der Waals surface area (Å²) in [7, 11) is 0. The van der Waals surface area contributed by atoms with Crippen molar-refractivity contribution in [1.29, 1.82) is 0 Å². The van der Waals surface area contributed by atoms with Gasteiger partial charge in [-0.3, -0.25) is 4.98 Å². The Bertz CT molecular complexity index is 622. The van der Waals surface area contributed by atoms with Gasteiger partial charge in [0.15, 0.2) is 0 Å². The van der Waals surface area contributed by atoms with Gasteiger partial charge in [0.05, 0.1) is 6.20 Å². The smallest absolute Gasteiger partial charge is 0.214 e. The quantitative estimate of drug-likeness (QED) is 0.767. The zero-order valence-corrected chi connectivity index (χ0v) is 10.0. The average Bonchev–Trinajstić information content (AvgIpc) is 3.01. The molecule has 0 saturated heterocycles. The minimum absolute atomic E-state index is 0.591. The molecule has 1 N–H and O–H groups in total. The summed E-state index contributed by atoms with van der Waals surface area (Å²) in [5.41, 5.74) is 2.06. The summed E-state index contributed by atoms with van der Waals surface area (Å²) in [4.78, 5) is 12.1. The summed E-state index contributed by atoms with van der Waals surface area (Å²) >= 11 is 0. The van der Waals surface area contributed by atoms with Crippen LogP contribution in [-0.2, 0) is 6.54 Å². The van der Waals surface area contributed by atoms with Crippen molar-refractivity contribution in [2.45, 2.75) is 6.54 Å². The summed E-state index contributed by atoms with van der Waals surface area (Å²) in [5.74, 6) is 1.35. The van der Waals surface area contributed by atoms with E-state index in [-0.39, 0.29) is 0 Å². The number of benzene rings is 1. The lowest BCUT2D eigenvalue weighted by Crippen LogP contribution is -2.01. The maximum Gasteiger partial charge on any atom is 0.214 e. The zero-order valence-electron chi connectivity index (χ0n) is 10.0. The SMILES string of the molecule is c1cnc(NCc2ccc(-c3ncon3)cc2)cn1. The van der Waals surface area contributed by atoms with Crippen molar-refractivity contribution in [3.63, 3.8) is 0 Å². The first-order chi connectivity index (χ1) is 9.42. The van der Waals surface area contributed by atoms with Gasteiger partial charge in [0.2, 0.25) is 12.2 Å². The van der Waals surface area contributed by atoms with Crippen molar-refractivity contribution >= 4 is 5.82 Å². The molecule has 6 nitrogen and oxygen atoms in total. The third kappa shape index (κ3) is 2.74. The lowest BCUT2D eigenvalue weighted by atomic mass is 10.1. The van der Waals surface area contributed by atoms with Crippen LogP contribution in [0.25, 0.3) is 11.4 Å². The highest BCUT2D eigenvalue weighted by Crippen LogP contribution is 2.15. The summed E-state index contributed by atoms with van der Waals surface area (Å²) in [6, 6.07) is 7.93. The van der Waals surface area contributed by atoms with Gasteiger partial charge in [-0.15, -0.1) is 0 Å². The van der Waals surface area contributed by atoms with E-state index in [0.29, 0.717) is 12.4 Å². The summed E-state index contributed by atoms with van der Waals surface area (Å²) in [6.07, 6.45) is 6.30. The van der Waals surface area contributed by atoms with Crippen LogP contribution in [0.4, 0.5) is 5.82 Å². The van der Waals surface area contributed by atoms with Crippen LogP contribution >= 0.6 is 0 Å². The van der Waals surface area contributed by atoms with Crippen molar-refractivity contribution < 1.29 is 4.52 Å². The Hall–Kier alpha value is -2.76. The predicted molar refractivity (Wildman–Crippen MR) is 69.1 cm³/mol. The van der Waals surface area contributed by atoms with E-state index >= 15 is 0 Å². The van der Waals surface area contributed by atoms with Crippen LogP contribution in [0.2, 0.25) is 0 Å². The van der Waals surface area contributed by atoms with E-state index in [1.807, 2.05) is 24.3 Å². The molecule has 0 spiro atoms. The number of aromatic nitrogens is 4. The minimum Gasteiger partial charge on any atom is -0.365 e. The number of hydrogen-bond donors (Lipinski definition) is 1. The molecule has 19 heavy (non-hydrogen) atoms. The highest BCUT2D eigenvalue weighted by Gasteiger charge is 2.02. The third-order valence-electron chi connectivity index (χ3n) is 2.61. The van der Waals surface area contributed by atoms with Crippen LogP contribution in [0.1, 0.15) is 5.56 Å². The van der Waals surface area contributed by atoms with E-state index in [0.717, 1.165) is 16.9 Å². The van der Waals surface area contributed by atoms with Crippen LogP contribution in [0, 0.1) is 0 Å². The molecule has 0 atom stereocenters. The van der Waals surface area contributed by atoms with Gasteiger partial charge >= 0.3 is 0 Å². The van der Waals surface area contributed by atoms with Gasteiger partial charge in [-0.25, -0.2) is 4.98 Å². The third-order valence-corrected chi connectivity index (χ3v) is 2.61. The fourth-order valence-electron chi connectivity index (χ4n) is 1.65. The molecule has 0 amide bonds. The Morgan fingerprint density at radius 3 is 2.63 bits per heavy atom. The summed E-state index contributed by atoms with van der Waals surface area (Å²) in [5, 5.41) is 6.98. The van der Waals surface area contributed by atoms with E-state index in [4.69, 9.17) is 4.52 Å². The number of anilines is 1. The first-order valence-electron chi connectivity index (χ1n) is 5.77. The van der Waals surface area contributed by atoms with E-state index in [1.165, 1.54) is 6.39 Å². The van der Waals surface area contributed by atoms with Gasteiger partial charge in [0, 0.05) is 24.5 Å². The largest absolute Gasteiger partial charge is 0.365 e. The van der Waals surface area contributed by atoms with E-state index in [9.17, 15) is 0 Å². The highest BCUT2D eigenvalue weighted by molar-refractivity contribution is 5.54. The highest BCUT2D eigenvalue weighted by atomic mass is 16.5. The van der Waals surface area contributed by atoms with Gasteiger partial charge in [-0.1, -0.05) is 29.4 Å². The van der Waals surface area contributed by atoms with Crippen molar-refractivity contribution in [3.05, 3.63) is 54.8 Å². The lowest BCUT2D eigenvalue weighted by Gasteiger charge is -2.05. The van der Waals surface area contributed by atoms with Gasteiger partial charge in [-0.05, 0) is 5.56 Å². The van der Waals surface area contributed by atoms with Crippen molar-refractivity contribution in [2.24, 2.45) is 0 Å². The van der Waals surface area contributed by atoms with E-state index in [1.54, 1.807) is 18.6 Å². The number of hydrogen-bond acceptors (Lipinski definition) is 6. The second-order valence-corrected chi connectivity index (χ2v) is 3.90. The number of nitrogens with one attached hydrogen (secondary N) is 1. The van der Waals surface area contributed by atoms with Crippen LogP contribution in [0.3, 0.4) is 0 Å². The molecule has 6 heteroatoms. The second-order valence-electron chi connectivity index (χ2n) is 3.90. The van der Waals surface area contributed by atoms with Crippen molar-refractivity contribution in [1.82, 2.24) is 20.1 Å². The summed E-state index contributed by atoms with van der Waals surface area (Å²) in [6.45, 7) is 0.686. The topological polar surface area (TPSA) is 76.7 Å². The second kappa shape index (κ2) is 5.26. The molecule has 0 unspecified atom stereocenters. The van der Waals surface area contributed by atoms with Crippen LogP contribution in [-0.4, -0.2) is 20.1 Å². The Kier molecular flexibility index (Phi) is 3.14. The Morgan fingerprint density at radius 2 is 1.95 bits per heavy atom. The van der Waals surface area contributed by atoms with E-state index < -0.39 is 0 Å². The fraction of sp³-hybridized carbons (Fsp3) is 0.0769. The molecule has 0 fully saturated rings. The maximum atomic E-state index is 4.72. The molecule has 0 aliphatic heterocycles. The predicted octanol–water partition coefficient (Wildman–Crippen LogP) is 2.14. The molecule has 0 aliphatic carbocycles. The summed E-state index contributed by atoms with van der Waals surface area (Å²) < 4.78 is 4.72. The molecule has 2 aromatic heterocycles. The Balaban J connectivity index is 1.67. The normalized spacial score (nSPS) is 10.3. The van der Waals surface area contributed by atoms with Crippen LogP contribution in [0.5, 0.6) is 0 Å². The van der Waals surface area contributed by atoms with Gasteiger partial charge in [0.25, 0.3) is 0 Å². The minimum atomic E-state index is 0.591. The Morgan fingerprint density at radius 1 is 1.05 bits per heavy atom. The van der Waals surface area contributed by atoms with Crippen molar-refractivity contribution in [2.75, 3.05) is 5.32 Å². The molecule has 3 rings (SSSR count). The average molecular weight is 253 g/mol. The molecule has 2 heterocycles. The molecule has 0 radical (unpaired) electrons. The maximum absolute atomic E-state index is 4.72. The van der Waals surface area contributed by atoms with Crippen molar-refractivity contribution in [3.8, 4) is 11.4 Å². The first-order valence-corrected chi connectivity index (χ1v) is 5.77. The van der Waals surface area contributed by atoms with E-state index in [2.05, 4.69) is 25.4 Å². The first kappa shape index (κ1) is 11.3. The monoisotopic (exact) mass is 253 g/mol. The van der Waals surface area contributed by atoms with Gasteiger partial charge in [0.1, 0.15) is 5.82 Å². The molecule has 0 bridgehead atoms. The van der Waals surface area contributed by atoms with Gasteiger partial charge < -0.3 is 9.84 Å². The molecule has 0 saturated carbocycles. The van der Waals surface area contributed by atoms with Crippen LogP contribution in [0.15, 0.2) is 53.8 Å². The molecule has 3 aromatic rings. The number of rotatable bonds is 4. The lowest BCUT2D eigenvalue weighted by molar-refractivity contribution is 0.419. The molecule has 94 valence electrons. The number of nitrogens with zero attached hydrogens (tertiary/aromatic N) is 4. The standard InChI is InChI=1S/C13H11N5O/c1-3-11(13-17-9-19-18-13)4-2-10(1)7-16-12-8-14-5-6-15-12/h1-6,8-9H,7H2,(H,15,16).